The summed E-state index contributed by atoms with van der Waals surface area (Å²) in [6.07, 6.45) is 3.85. The lowest BCUT2D eigenvalue weighted by Crippen LogP contribution is -1.81. The first-order valence-corrected chi connectivity index (χ1v) is 5.26. The van der Waals surface area contributed by atoms with Crippen molar-refractivity contribution in [2.75, 3.05) is 5.75 Å². The molecule has 0 unspecified atom stereocenters. The third-order valence-corrected chi connectivity index (χ3v) is 2.35. The number of hydrogen-bond acceptors (Lipinski definition) is 3. The van der Waals surface area contributed by atoms with Gasteiger partial charge in [0.2, 0.25) is 0 Å². The van der Waals surface area contributed by atoms with E-state index in [4.69, 9.17) is 5.11 Å². The first-order valence-electron chi connectivity index (χ1n) is 4.27. The molecule has 0 atom stereocenters. The van der Waals surface area contributed by atoms with Gasteiger partial charge in [-0.1, -0.05) is 36.0 Å². The maximum atomic E-state index is 10.6. The smallest absolute Gasteiger partial charge is 0.186 e. The maximum absolute atomic E-state index is 10.6. The minimum absolute atomic E-state index is 0.125. The van der Waals surface area contributed by atoms with E-state index in [0.717, 1.165) is 5.56 Å². The largest absolute Gasteiger partial charge is 0.508 e. The molecule has 2 nitrogen and oxygen atoms in total. The van der Waals surface area contributed by atoms with Crippen LogP contribution in [0.2, 0.25) is 0 Å². The Balaban J connectivity index is 2.44. The highest BCUT2D eigenvalue weighted by molar-refractivity contribution is 8.13. The zero-order valence-electron chi connectivity index (χ0n) is 7.93. The van der Waals surface area contributed by atoms with E-state index in [1.54, 1.807) is 19.1 Å². The Morgan fingerprint density at radius 3 is 2.64 bits per heavy atom. The Kier molecular flexibility index (Phi) is 4.26. The van der Waals surface area contributed by atoms with Crippen LogP contribution in [0.1, 0.15) is 12.5 Å². The van der Waals surface area contributed by atoms with E-state index in [1.807, 2.05) is 24.3 Å². The van der Waals surface area contributed by atoms with Crippen LogP contribution in [-0.4, -0.2) is 16.0 Å². The summed E-state index contributed by atoms with van der Waals surface area (Å²) in [5.41, 5.74) is 1.02. The van der Waals surface area contributed by atoms with E-state index >= 15 is 0 Å². The minimum Gasteiger partial charge on any atom is -0.508 e. The standard InChI is InChI=1S/C11H12O2S/c1-9(12)14-8-2-3-10-4-6-11(13)7-5-10/h2-7,13H,8H2,1H3. The predicted octanol–water partition coefficient (Wildman–Crippen LogP) is 2.69. The number of hydrogen-bond donors (Lipinski definition) is 1. The normalized spacial score (nSPS) is 10.6. The van der Waals surface area contributed by atoms with Crippen LogP contribution >= 0.6 is 11.8 Å². The fourth-order valence-corrected chi connectivity index (χ4v) is 1.36. The monoisotopic (exact) mass is 208 g/mol. The lowest BCUT2D eigenvalue weighted by atomic mass is 10.2. The van der Waals surface area contributed by atoms with E-state index in [9.17, 15) is 4.79 Å². The average molecular weight is 208 g/mol. The van der Waals surface area contributed by atoms with Crippen LogP contribution in [0.25, 0.3) is 6.08 Å². The lowest BCUT2D eigenvalue weighted by Gasteiger charge is -1.93. The second-order valence-electron chi connectivity index (χ2n) is 2.80. The molecule has 14 heavy (non-hydrogen) atoms. The van der Waals surface area contributed by atoms with Crippen LogP contribution in [-0.2, 0) is 4.79 Å². The predicted molar refractivity (Wildman–Crippen MR) is 60.3 cm³/mol. The topological polar surface area (TPSA) is 37.3 Å². The number of carbonyl (C=O) groups is 1. The van der Waals surface area contributed by atoms with Crippen molar-refractivity contribution >= 4 is 23.0 Å². The van der Waals surface area contributed by atoms with Crippen molar-refractivity contribution in [2.45, 2.75) is 6.92 Å². The summed E-state index contributed by atoms with van der Waals surface area (Å²) in [4.78, 5) is 10.6. The Labute approximate surface area is 87.6 Å². The molecule has 0 fully saturated rings. The van der Waals surface area contributed by atoms with Gasteiger partial charge in [0.25, 0.3) is 0 Å². The third-order valence-electron chi connectivity index (χ3n) is 1.59. The van der Waals surface area contributed by atoms with Gasteiger partial charge < -0.3 is 5.11 Å². The molecule has 0 saturated carbocycles. The molecule has 0 aliphatic rings. The summed E-state index contributed by atoms with van der Waals surface area (Å²) in [5.74, 6) is 0.955. The number of carbonyl (C=O) groups excluding carboxylic acids is 1. The Bertz CT molecular complexity index is 328. The summed E-state index contributed by atoms with van der Waals surface area (Å²) < 4.78 is 0. The van der Waals surface area contributed by atoms with E-state index in [0.29, 0.717) is 5.75 Å². The molecule has 1 N–H and O–H groups in total. The van der Waals surface area contributed by atoms with Gasteiger partial charge in [-0.2, -0.15) is 0 Å². The van der Waals surface area contributed by atoms with Crippen LogP contribution in [0.5, 0.6) is 5.75 Å². The Morgan fingerprint density at radius 1 is 1.43 bits per heavy atom. The second-order valence-corrected chi connectivity index (χ2v) is 3.99. The van der Waals surface area contributed by atoms with Crippen molar-refractivity contribution in [1.82, 2.24) is 0 Å². The highest BCUT2D eigenvalue weighted by Gasteiger charge is 1.90. The average Bonchev–Trinajstić information content (AvgIpc) is 2.15. The van der Waals surface area contributed by atoms with Crippen LogP contribution < -0.4 is 0 Å². The van der Waals surface area contributed by atoms with Crippen molar-refractivity contribution in [2.24, 2.45) is 0 Å². The van der Waals surface area contributed by atoms with Gasteiger partial charge in [-0.15, -0.1) is 0 Å². The molecular weight excluding hydrogens is 196 g/mol. The van der Waals surface area contributed by atoms with Crippen LogP contribution in [0.15, 0.2) is 30.3 Å². The second kappa shape index (κ2) is 5.50. The molecule has 0 spiro atoms. The molecular formula is C11H12O2S. The van der Waals surface area contributed by atoms with E-state index in [-0.39, 0.29) is 10.9 Å². The number of rotatable bonds is 3. The molecule has 1 rings (SSSR count). The summed E-state index contributed by atoms with van der Waals surface area (Å²) >= 11 is 1.28. The van der Waals surface area contributed by atoms with Crippen LogP contribution in [0.4, 0.5) is 0 Å². The van der Waals surface area contributed by atoms with Crippen LogP contribution in [0.3, 0.4) is 0 Å². The van der Waals surface area contributed by atoms with Gasteiger partial charge in [0.1, 0.15) is 5.75 Å². The Hall–Kier alpha value is -1.22. The number of phenols is 1. The fourth-order valence-electron chi connectivity index (χ4n) is 0.935. The molecule has 0 saturated heterocycles. The molecule has 0 aliphatic heterocycles. The van der Waals surface area contributed by atoms with Crippen molar-refractivity contribution in [1.29, 1.82) is 0 Å². The molecule has 0 bridgehead atoms. The van der Waals surface area contributed by atoms with Crippen molar-refractivity contribution in [3.05, 3.63) is 35.9 Å². The third kappa shape index (κ3) is 4.14. The summed E-state index contributed by atoms with van der Waals surface area (Å²) in [5, 5.41) is 9.15. The first kappa shape index (κ1) is 10.9. The summed E-state index contributed by atoms with van der Waals surface area (Å²) in [7, 11) is 0. The van der Waals surface area contributed by atoms with Gasteiger partial charge in [-0.05, 0) is 17.7 Å². The molecule has 74 valence electrons. The van der Waals surface area contributed by atoms with Gasteiger partial charge in [0.05, 0.1) is 0 Å². The minimum atomic E-state index is 0.125. The van der Waals surface area contributed by atoms with E-state index < -0.39 is 0 Å². The molecule has 0 aliphatic carbocycles. The SMILES string of the molecule is CC(=O)SCC=Cc1ccc(O)cc1. The van der Waals surface area contributed by atoms with E-state index in [1.165, 1.54) is 11.8 Å². The zero-order chi connectivity index (χ0) is 10.4. The molecule has 0 aromatic heterocycles. The molecule has 0 amide bonds. The highest BCUT2D eigenvalue weighted by atomic mass is 32.2. The molecule has 0 heterocycles. The van der Waals surface area contributed by atoms with Gasteiger partial charge in [-0.25, -0.2) is 0 Å². The molecule has 1 aromatic carbocycles. The van der Waals surface area contributed by atoms with Crippen molar-refractivity contribution in [3.63, 3.8) is 0 Å². The Morgan fingerprint density at radius 2 is 2.07 bits per heavy atom. The highest BCUT2D eigenvalue weighted by Crippen LogP contribution is 2.11. The zero-order valence-corrected chi connectivity index (χ0v) is 8.75. The lowest BCUT2D eigenvalue weighted by molar-refractivity contribution is -0.109. The van der Waals surface area contributed by atoms with Gasteiger partial charge in [-0.3, -0.25) is 4.79 Å². The van der Waals surface area contributed by atoms with Crippen molar-refractivity contribution < 1.29 is 9.90 Å². The summed E-state index contributed by atoms with van der Waals surface area (Å²) in [6, 6.07) is 6.92. The van der Waals surface area contributed by atoms with Gasteiger partial charge in [0.15, 0.2) is 5.12 Å². The molecule has 1 aromatic rings. The first-order chi connectivity index (χ1) is 6.68. The van der Waals surface area contributed by atoms with Crippen molar-refractivity contribution in [3.8, 4) is 5.75 Å². The number of thioether (sulfide) groups is 1. The molecule has 3 heteroatoms. The maximum Gasteiger partial charge on any atom is 0.186 e. The van der Waals surface area contributed by atoms with Gasteiger partial charge >= 0.3 is 0 Å². The quantitative estimate of drug-likeness (QED) is 0.829. The van der Waals surface area contributed by atoms with Crippen LogP contribution in [0, 0.1) is 0 Å². The fraction of sp³-hybridized carbons (Fsp3) is 0.182. The summed E-state index contributed by atoms with van der Waals surface area (Å²) in [6.45, 7) is 1.55. The van der Waals surface area contributed by atoms with E-state index in [2.05, 4.69) is 0 Å². The van der Waals surface area contributed by atoms with Gasteiger partial charge in [0, 0.05) is 12.7 Å². The number of benzene rings is 1. The number of aromatic hydroxyl groups is 1. The number of phenolic OH excluding ortho intramolecular Hbond substituents is 1. The molecule has 0 radical (unpaired) electrons.